The van der Waals surface area contributed by atoms with Gasteiger partial charge in [0.2, 0.25) is 0 Å². The minimum absolute atomic E-state index is 0.149. The molecule has 1 aliphatic heterocycles. The summed E-state index contributed by atoms with van der Waals surface area (Å²) in [5.74, 6) is -1.15. The summed E-state index contributed by atoms with van der Waals surface area (Å²) in [6.45, 7) is 2.90. The highest BCUT2D eigenvalue weighted by molar-refractivity contribution is 5.20. The molecule has 1 aromatic rings. The van der Waals surface area contributed by atoms with Gasteiger partial charge < -0.3 is 9.47 Å². The summed E-state index contributed by atoms with van der Waals surface area (Å²) in [6.07, 6.45) is -0.231. The Kier molecular flexibility index (Phi) is 2.98. The number of hydrogen-bond donors (Lipinski definition) is 0. The summed E-state index contributed by atoms with van der Waals surface area (Å²) in [7, 11) is 0. The average Bonchev–Trinajstić information content (AvgIpc) is 2.97. The van der Waals surface area contributed by atoms with Crippen molar-refractivity contribution in [3.8, 4) is 0 Å². The lowest BCUT2D eigenvalue weighted by atomic mass is 10.1. The molecule has 0 aromatic heterocycles. The largest absolute Gasteiger partial charge is 0.371 e. The van der Waals surface area contributed by atoms with Crippen molar-refractivity contribution in [1.82, 2.24) is 0 Å². The van der Waals surface area contributed by atoms with E-state index in [-0.39, 0.29) is 12.2 Å². The first-order valence-corrected chi connectivity index (χ1v) is 4.85. The van der Waals surface area contributed by atoms with Crippen LogP contribution in [0.4, 0.5) is 8.78 Å². The van der Waals surface area contributed by atoms with Gasteiger partial charge in [-0.2, -0.15) is 0 Å². The van der Waals surface area contributed by atoms with E-state index in [1.54, 1.807) is 6.92 Å². The maximum atomic E-state index is 13.3. The van der Waals surface area contributed by atoms with Crippen LogP contribution in [0.25, 0.3) is 0 Å². The Balaban J connectivity index is 1.99. The number of epoxide rings is 1. The van der Waals surface area contributed by atoms with Crippen molar-refractivity contribution < 1.29 is 18.3 Å². The third-order valence-electron chi connectivity index (χ3n) is 2.33. The first-order valence-electron chi connectivity index (χ1n) is 4.85. The minimum Gasteiger partial charge on any atom is -0.371 e. The van der Waals surface area contributed by atoms with Crippen molar-refractivity contribution in [3.63, 3.8) is 0 Å². The highest BCUT2D eigenvalue weighted by Crippen LogP contribution is 2.22. The molecule has 0 radical (unpaired) electrons. The normalized spacial score (nSPS) is 21.4. The summed E-state index contributed by atoms with van der Waals surface area (Å²) in [5, 5.41) is 0. The van der Waals surface area contributed by atoms with Crippen LogP contribution in [0.2, 0.25) is 0 Å². The van der Waals surface area contributed by atoms with Crippen molar-refractivity contribution in [1.29, 1.82) is 0 Å². The Morgan fingerprint density at radius 1 is 1.53 bits per heavy atom. The molecule has 0 N–H and O–H groups in total. The zero-order valence-electron chi connectivity index (χ0n) is 8.37. The second-order valence-electron chi connectivity index (χ2n) is 3.60. The quantitative estimate of drug-likeness (QED) is 0.718. The van der Waals surface area contributed by atoms with Gasteiger partial charge in [-0.25, -0.2) is 8.78 Å². The van der Waals surface area contributed by atoms with Crippen molar-refractivity contribution in [3.05, 3.63) is 35.4 Å². The number of hydrogen-bond acceptors (Lipinski definition) is 2. The fourth-order valence-corrected chi connectivity index (χ4v) is 1.34. The monoisotopic (exact) mass is 214 g/mol. The van der Waals surface area contributed by atoms with Crippen molar-refractivity contribution in [2.45, 2.75) is 19.1 Å². The highest BCUT2D eigenvalue weighted by atomic mass is 19.1. The molecule has 2 atom stereocenters. The highest BCUT2D eigenvalue weighted by Gasteiger charge is 2.24. The van der Waals surface area contributed by atoms with Gasteiger partial charge in [0.05, 0.1) is 19.3 Å². The van der Waals surface area contributed by atoms with Crippen molar-refractivity contribution >= 4 is 0 Å². The summed E-state index contributed by atoms with van der Waals surface area (Å²) >= 11 is 0. The molecule has 1 fully saturated rings. The average molecular weight is 214 g/mol. The third kappa shape index (κ3) is 2.73. The lowest BCUT2D eigenvalue weighted by molar-refractivity contribution is 0.0517. The molecule has 0 spiro atoms. The van der Waals surface area contributed by atoms with Crippen LogP contribution in [0, 0.1) is 11.6 Å². The van der Waals surface area contributed by atoms with Gasteiger partial charge in [-0.3, -0.25) is 0 Å². The molecule has 1 heterocycles. The molecule has 1 aliphatic rings. The summed E-state index contributed by atoms with van der Waals surface area (Å²) in [5.41, 5.74) is 0.372. The molecule has 1 saturated heterocycles. The van der Waals surface area contributed by atoms with Gasteiger partial charge >= 0.3 is 0 Å². The number of ether oxygens (including phenoxy) is 2. The molecule has 0 bridgehead atoms. The Hall–Kier alpha value is -1.00. The SMILES string of the molecule is C[C@@H](OC[C@@H]1CO1)c1ccc(F)cc1F. The smallest absolute Gasteiger partial charge is 0.131 e. The number of benzene rings is 1. The predicted molar refractivity (Wildman–Crippen MR) is 50.5 cm³/mol. The van der Waals surface area contributed by atoms with Crippen LogP contribution in [0.1, 0.15) is 18.6 Å². The Bertz CT molecular complexity index is 350. The van der Waals surface area contributed by atoms with E-state index in [2.05, 4.69) is 0 Å². The lowest BCUT2D eigenvalue weighted by Gasteiger charge is -2.13. The van der Waals surface area contributed by atoms with E-state index in [4.69, 9.17) is 9.47 Å². The van der Waals surface area contributed by atoms with Crippen LogP contribution in [0.5, 0.6) is 0 Å². The maximum absolute atomic E-state index is 13.3. The zero-order valence-corrected chi connectivity index (χ0v) is 8.37. The first-order chi connectivity index (χ1) is 7.16. The molecular formula is C11H12F2O2. The van der Waals surface area contributed by atoms with Crippen molar-refractivity contribution in [2.24, 2.45) is 0 Å². The Labute approximate surface area is 86.8 Å². The van der Waals surface area contributed by atoms with Crippen LogP contribution in [0.15, 0.2) is 18.2 Å². The van der Waals surface area contributed by atoms with Gasteiger partial charge in [0.25, 0.3) is 0 Å². The second-order valence-corrected chi connectivity index (χ2v) is 3.60. The number of halogens is 2. The standard InChI is InChI=1S/C11H12F2O2/c1-7(14-5-9-6-15-9)10-3-2-8(12)4-11(10)13/h2-4,7,9H,5-6H2,1H3/t7-,9-/m1/s1. The van der Waals surface area contributed by atoms with E-state index in [0.717, 1.165) is 6.07 Å². The van der Waals surface area contributed by atoms with Crippen LogP contribution < -0.4 is 0 Å². The van der Waals surface area contributed by atoms with Crippen LogP contribution in [-0.4, -0.2) is 19.3 Å². The molecule has 0 saturated carbocycles. The molecule has 4 heteroatoms. The van der Waals surface area contributed by atoms with Gasteiger partial charge in [-0.05, 0) is 13.0 Å². The van der Waals surface area contributed by atoms with E-state index in [1.807, 2.05) is 0 Å². The minimum atomic E-state index is -0.575. The van der Waals surface area contributed by atoms with Crippen LogP contribution in [-0.2, 0) is 9.47 Å². The summed E-state index contributed by atoms with van der Waals surface area (Å²) < 4.78 is 36.3. The molecule has 0 aliphatic carbocycles. The molecular weight excluding hydrogens is 202 g/mol. The van der Waals surface area contributed by atoms with Crippen LogP contribution in [0.3, 0.4) is 0 Å². The van der Waals surface area contributed by atoms with E-state index < -0.39 is 11.6 Å². The summed E-state index contributed by atoms with van der Waals surface area (Å²) in [6, 6.07) is 3.50. The third-order valence-corrected chi connectivity index (χ3v) is 2.33. The molecule has 82 valence electrons. The fraction of sp³-hybridized carbons (Fsp3) is 0.455. The second kappa shape index (κ2) is 4.24. The molecule has 1 aromatic carbocycles. The number of rotatable bonds is 4. The zero-order chi connectivity index (χ0) is 10.8. The van der Waals surface area contributed by atoms with Crippen molar-refractivity contribution in [2.75, 3.05) is 13.2 Å². The van der Waals surface area contributed by atoms with Gasteiger partial charge in [0.15, 0.2) is 0 Å². The topological polar surface area (TPSA) is 21.8 Å². The van der Waals surface area contributed by atoms with Crippen LogP contribution >= 0.6 is 0 Å². The Morgan fingerprint density at radius 3 is 2.87 bits per heavy atom. The summed E-state index contributed by atoms with van der Waals surface area (Å²) in [4.78, 5) is 0. The van der Waals surface area contributed by atoms with Gasteiger partial charge in [0.1, 0.15) is 17.7 Å². The first kappa shape index (κ1) is 10.5. The van der Waals surface area contributed by atoms with Gasteiger partial charge in [-0.1, -0.05) is 6.07 Å². The Morgan fingerprint density at radius 2 is 2.27 bits per heavy atom. The van der Waals surface area contributed by atoms with Gasteiger partial charge in [0, 0.05) is 11.6 Å². The van der Waals surface area contributed by atoms with E-state index in [0.29, 0.717) is 18.8 Å². The molecule has 0 unspecified atom stereocenters. The fourth-order valence-electron chi connectivity index (χ4n) is 1.34. The molecule has 15 heavy (non-hydrogen) atoms. The van der Waals surface area contributed by atoms with E-state index >= 15 is 0 Å². The van der Waals surface area contributed by atoms with E-state index in [1.165, 1.54) is 12.1 Å². The predicted octanol–water partition coefficient (Wildman–Crippen LogP) is 2.44. The molecule has 2 rings (SSSR count). The van der Waals surface area contributed by atoms with E-state index in [9.17, 15) is 8.78 Å². The van der Waals surface area contributed by atoms with Gasteiger partial charge in [-0.15, -0.1) is 0 Å². The molecule has 0 amide bonds. The maximum Gasteiger partial charge on any atom is 0.131 e. The lowest BCUT2D eigenvalue weighted by Crippen LogP contribution is -2.07. The molecule has 2 nitrogen and oxygen atoms in total.